The van der Waals surface area contributed by atoms with Gasteiger partial charge in [0, 0.05) is 13.3 Å². The van der Waals surface area contributed by atoms with Crippen LogP contribution in [0.4, 0.5) is 0 Å². The van der Waals surface area contributed by atoms with Gasteiger partial charge in [-0.2, -0.15) is 0 Å². The molecule has 0 spiro atoms. The van der Waals surface area contributed by atoms with Gasteiger partial charge >= 0.3 is 5.97 Å². The molecule has 8 nitrogen and oxygen atoms in total. The number of aliphatic hydroxyl groups is 3. The van der Waals surface area contributed by atoms with Crippen LogP contribution in [0, 0.1) is 0 Å². The summed E-state index contributed by atoms with van der Waals surface area (Å²) in [6.45, 7) is 2.24. The maximum absolute atomic E-state index is 11.3. The van der Waals surface area contributed by atoms with E-state index in [0.29, 0.717) is 0 Å². The Morgan fingerprint density at radius 1 is 1.37 bits per heavy atom. The predicted octanol–water partition coefficient (Wildman–Crippen LogP) is -2.12. The molecular weight excluding hydrogens is 258 g/mol. The van der Waals surface area contributed by atoms with Gasteiger partial charge < -0.3 is 30.1 Å². The van der Waals surface area contributed by atoms with Crippen LogP contribution in [0.2, 0.25) is 0 Å². The Morgan fingerprint density at radius 3 is 2.47 bits per heavy atom. The standard InChI is InChI=1S/C11H19NO7/c1-3-7(15)19-10-8(12-5(2)14)11(17)18-6(4-13)9(10)16/h6,8-11,13,16-17H,3-4H2,1-2H3,(H,12,14)/t6-,8+,9-,10+,11-/m1/s1. The molecule has 0 saturated carbocycles. The fourth-order valence-corrected chi connectivity index (χ4v) is 1.85. The molecular formula is C11H19NO7. The molecule has 0 aromatic heterocycles. The van der Waals surface area contributed by atoms with Crippen molar-refractivity contribution in [2.45, 2.75) is 50.9 Å². The minimum atomic E-state index is -1.49. The Labute approximate surface area is 110 Å². The zero-order chi connectivity index (χ0) is 14.6. The van der Waals surface area contributed by atoms with Gasteiger partial charge in [0.15, 0.2) is 12.4 Å². The average molecular weight is 277 g/mol. The van der Waals surface area contributed by atoms with E-state index in [-0.39, 0.29) is 6.42 Å². The Morgan fingerprint density at radius 2 is 2.00 bits per heavy atom. The molecule has 1 saturated heterocycles. The number of aliphatic hydroxyl groups excluding tert-OH is 3. The lowest BCUT2D eigenvalue weighted by molar-refractivity contribution is -0.258. The van der Waals surface area contributed by atoms with Crippen LogP contribution in [0.5, 0.6) is 0 Å². The highest BCUT2D eigenvalue weighted by Gasteiger charge is 2.47. The van der Waals surface area contributed by atoms with E-state index in [9.17, 15) is 19.8 Å². The third kappa shape index (κ3) is 3.87. The molecule has 1 aliphatic heterocycles. The lowest BCUT2D eigenvalue weighted by atomic mass is 9.96. The minimum Gasteiger partial charge on any atom is -0.457 e. The molecule has 1 rings (SSSR count). The smallest absolute Gasteiger partial charge is 0.305 e. The molecule has 0 aliphatic carbocycles. The van der Waals surface area contributed by atoms with Gasteiger partial charge in [0.05, 0.1) is 6.61 Å². The highest BCUT2D eigenvalue weighted by atomic mass is 16.6. The first kappa shape index (κ1) is 15.8. The Bertz CT molecular complexity index is 335. The second-order valence-corrected chi connectivity index (χ2v) is 4.27. The number of hydrogen-bond donors (Lipinski definition) is 4. The molecule has 8 heteroatoms. The summed E-state index contributed by atoms with van der Waals surface area (Å²) in [5, 5.41) is 31.1. The minimum absolute atomic E-state index is 0.0801. The first-order valence-corrected chi connectivity index (χ1v) is 5.99. The van der Waals surface area contributed by atoms with Crippen molar-refractivity contribution in [3.63, 3.8) is 0 Å². The Balaban J connectivity index is 2.90. The second-order valence-electron chi connectivity index (χ2n) is 4.27. The van der Waals surface area contributed by atoms with Gasteiger partial charge in [-0.05, 0) is 0 Å². The molecule has 0 aromatic rings. The average Bonchev–Trinajstić information content (AvgIpc) is 2.36. The highest BCUT2D eigenvalue weighted by Crippen LogP contribution is 2.22. The van der Waals surface area contributed by atoms with Gasteiger partial charge in [-0.15, -0.1) is 0 Å². The van der Waals surface area contributed by atoms with Gasteiger partial charge in [0.2, 0.25) is 5.91 Å². The zero-order valence-corrected chi connectivity index (χ0v) is 10.8. The van der Waals surface area contributed by atoms with E-state index in [1.54, 1.807) is 6.92 Å². The second kappa shape index (κ2) is 6.80. The van der Waals surface area contributed by atoms with Gasteiger partial charge in [-0.3, -0.25) is 9.59 Å². The quantitative estimate of drug-likeness (QED) is 0.433. The number of ether oxygens (including phenoxy) is 2. The number of amides is 1. The van der Waals surface area contributed by atoms with Crippen LogP contribution in [0.25, 0.3) is 0 Å². The van der Waals surface area contributed by atoms with Gasteiger partial charge in [0.1, 0.15) is 18.2 Å². The molecule has 4 N–H and O–H groups in total. The molecule has 1 heterocycles. The van der Waals surface area contributed by atoms with Crippen molar-refractivity contribution in [2.75, 3.05) is 6.61 Å². The summed E-state index contributed by atoms with van der Waals surface area (Å²) < 4.78 is 9.97. The summed E-state index contributed by atoms with van der Waals surface area (Å²) in [7, 11) is 0. The molecule has 1 fully saturated rings. The molecule has 19 heavy (non-hydrogen) atoms. The third-order valence-corrected chi connectivity index (χ3v) is 2.80. The van der Waals surface area contributed by atoms with Crippen LogP contribution in [0.1, 0.15) is 20.3 Å². The van der Waals surface area contributed by atoms with Crippen molar-refractivity contribution >= 4 is 11.9 Å². The van der Waals surface area contributed by atoms with E-state index in [2.05, 4.69) is 5.32 Å². The molecule has 0 bridgehead atoms. The number of esters is 1. The fraction of sp³-hybridized carbons (Fsp3) is 0.818. The predicted molar refractivity (Wildman–Crippen MR) is 61.7 cm³/mol. The number of carbonyl (C=O) groups excluding carboxylic acids is 2. The van der Waals surface area contributed by atoms with Crippen molar-refractivity contribution in [1.82, 2.24) is 5.32 Å². The van der Waals surface area contributed by atoms with E-state index in [4.69, 9.17) is 14.6 Å². The number of rotatable bonds is 4. The van der Waals surface area contributed by atoms with Crippen LogP contribution in [0.15, 0.2) is 0 Å². The summed E-state index contributed by atoms with van der Waals surface area (Å²) >= 11 is 0. The summed E-state index contributed by atoms with van der Waals surface area (Å²) in [5.41, 5.74) is 0. The normalized spacial score (nSPS) is 34.7. The molecule has 0 radical (unpaired) electrons. The summed E-state index contributed by atoms with van der Waals surface area (Å²) in [6.07, 6.45) is -5.02. The maximum Gasteiger partial charge on any atom is 0.305 e. The van der Waals surface area contributed by atoms with Crippen molar-refractivity contribution in [2.24, 2.45) is 0 Å². The van der Waals surface area contributed by atoms with Crippen LogP contribution < -0.4 is 5.32 Å². The van der Waals surface area contributed by atoms with E-state index in [1.165, 1.54) is 6.92 Å². The monoisotopic (exact) mass is 277 g/mol. The molecule has 0 unspecified atom stereocenters. The van der Waals surface area contributed by atoms with Crippen molar-refractivity contribution in [1.29, 1.82) is 0 Å². The number of nitrogens with one attached hydrogen (secondary N) is 1. The van der Waals surface area contributed by atoms with Crippen LogP contribution >= 0.6 is 0 Å². The third-order valence-electron chi connectivity index (χ3n) is 2.80. The van der Waals surface area contributed by atoms with E-state index < -0.39 is 49.1 Å². The van der Waals surface area contributed by atoms with E-state index in [1.807, 2.05) is 0 Å². The Hall–Kier alpha value is -1.22. The van der Waals surface area contributed by atoms with Gasteiger partial charge in [0.25, 0.3) is 0 Å². The fourth-order valence-electron chi connectivity index (χ4n) is 1.85. The van der Waals surface area contributed by atoms with Crippen molar-refractivity contribution < 1.29 is 34.4 Å². The largest absolute Gasteiger partial charge is 0.457 e. The lowest BCUT2D eigenvalue weighted by Crippen LogP contribution is -2.65. The van der Waals surface area contributed by atoms with Crippen LogP contribution in [-0.4, -0.2) is 64.4 Å². The summed E-state index contributed by atoms with van der Waals surface area (Å²) in [4.78, 5) is 22.4. The first-order chi connectivity index (χ1) is 8.90. The van der Waals surface area contributed by atoms with Crippen molar-refractivity contribution in [3.05, 3.63) is 0 Å². The molecule has 0 aromatic carbocycles. The SMILES string of the molecule is CCC(=O)O[C@@H]1[C@H](O)[C@@H](CO)O[C@@H](O)[C@H]1NC(C)=O. The topological polar surface area (TPSA) is 125 Å². The highest BCUT2D eigenvalue weighted by molar-refractivity contribution is 5.73. The Kier molecular flexibility index (Phi) is 5.67. The maximum atomic E-state index is 11.3. The van der Waals surface area contributed by atoms with E-state index >= 15 is 0 Å². The molecule has 5 atom stereocenters. The molecule has 1 aliphatic rings. The zero-order valence-electron chi connectivity index (χ0n) is 10.8. The van der Waals surface area contributed by atoms with Crippen LogP contribution in [-0.2, 0) is 19.1 Å². The lowest BCUT2D eigenvalue weighted by Gasteiger charge is -2.41. The molecule has 110 valence electrons. The van der Waals surface area contributed by atoms with Gasteiger partial charge in [-0.1, -0.05) is 6.92 Å². The molecule has 1 amide bonds. The van der Waals surface area contributed by atoms with Crippen molar-refractivity contribution in [3.8, 4) is 0 Å². The first-order valence-electron chi connectivity index (χ1n) is 5.99. The number of carbonyl (C=O) groups is 2. The van der Waals surface area contributed by atoms with Gasteiger partial charge in [-0.25, -0.2) is 0 Å². The number of hydrogen-bond acceptors (Lipinski definition) is 7. The van der Waals surface area contributed by atoms with Crippen LogP contribution in [0.3, 0.4) is 0 Å². The summed E-state index contributed by atoms with van der Waals surface area (Å²) in [5.74, 6) is -1.06. The van der Waals surface area contributed by atoms with E-state index in [0.717, 1.165) is 0 Å². The summed E-state index contributed by atoms with van der Waals surface area (Å²) in [6, 6.07) is -1.09.